The molecule has 0 unspecified atom stereocenters. The lowest BCUT2D eigenvalue weighted by Gasteiger charge is -2.45. The highest BCUT2D eigenvalue weighted by atomic mass is 16.5. The van der Waals surface area contributed by atoms with E-state index in [1.807, 2.05) is 0 Å². The van der Waals surface area contributed by atoms with Gasteiger partial charge in [0.1, 0.15) is 34.5 Å². The lowest BCUT2D eigenvalue weighted by atomic mass is 9.30. The summed E-state index contributed by atoms with van der Waals surface area (Å²) in [6, 6.07) is 141. The number of aryl methyl sites for hydroxylation is 2. The van der Waals surface area contributed by atoms with Crippen LogP contribution in [0.4, 0.5) is 0 Å². The molecular formula is C135H123B3O3. The summed E-state index contributed by atoms with van der Waals surface area (Å²) in [5.74, 6) is 5.88. The first kappa shape index (κ1) is 91.6. The Morgan fingerprint density at radius 2 is 0.461 bits per heavy atom. The van der Waals surface area contributed by atoms with Crippen LogP contribution in [0.5, 0.6) is 34.5 Å². The molecular weight excluding hydrogens is 1700 g/mol. The first-order chi connectivity index (χ1) is 67.5. The van der Waals surface area contributed by atoms with E-state index < -0.39 is 0 Å². The summed E-state index contributed by atoms with van der Waals surface area (Å²) in [5, 5.41) is 0. The fourth-order valence-corrected chi connectivity index (χ4v) is 24.1. The Morgan fingerprint density at radius 3 is 0.794 bits per heavy atom. The van der Waals surface area contributed by atoms with E-state index in [0.717, 1.165) is 34.5 Å². The van der Waals surface area contributed by atoms with Crippen molar-refractivity contribution in [3.63, 3.8) is 0 Å². The smallest absolute Gasteiger partial charge is 0.251 e. The van der Waals surface area contributed by atoms with Crippen LogP contribution in [0.3, 0.4) is 0 Å². The summed E-state index contributed by atoms with van der Waals surface area (Å²) in [6.07, 6.45) is 0. The van der Waals surface area contributed by atoms with Crippen LogP contribution in [0.1, 0.15) is 191 Å². The summed E-state index contributed by atoms with van der Waals surface area (Å²) in [6.45, 7) is 47.1. The second kappa shape index (κ2) is 34.5. The van der Waals surface area contributed by atoms with E-state index in [9.17, 15) is 0 Å². The molecule has 0 atom stereocenters. The van der Waals surface area contributed by atoms with Gasteiger partial charge in [-0.05, 0) is 321 Å². The first-order valence-corrected chi connectivity index (χ1v) is 50.6. The van der Waals surface area contributed by atoms with Gasteiger partial charge < -0.3 is 14.2 Å². The average molecular weight is 1830 g/mol. The molecule has 0 aliphatic carbocycles. The van der Waals surface area contributed by atoms with Crippen molar-refractivity contribution in [2.24, 2.45) is 0 Å². The molecule has 0 bridgehead atoms. The Labute approximate surface area is 837 Å². The molecule has 18 aromatic carbocycles. The van der Waals surface area contributed by atoms with Crippen molar-refractivity contribution in [1.82, 2.24) is 0 Å². The molecule has 690 valence electrons. The SMILES string of the molecule is CC(C)(C)c1ccc2c(c1)B1c3cc(-c4cc(-c5ccccc5)cc(-c5ccccc5)c4)ccc3C(C)(C)c3c(C(C)(C)C)ccc(c31)O2.CC(C)(C)c1ccc2c(c1)B1c3ccc(-c4cc(-c5ccccc5)cc(-c5ccccc5)c4)cc3C(C)(C)c3c(C(C)(C)C)ccc(c31)O2.Cc1ccc2c(c1)B1c3ccc(-c4cc(-c5ccccc5)cc(-c5ccccc5)c4)cc3C(C)(C)c3c(C)ccc(c31)O2. The van der Waals surface area contributed by atoms with Gasteiger partial charge >= 0.3 is 0 Å². The largest absolute Gasteiger partial charge is 0.458 e. The van der Waals surface area contributed by atoms with Crippen LogP contribution in [0.2, 0.25) is 0 Å². The van der Waals surface area contributed by atoms with E-state index in [-0.39, 0.29) is 58.0 Å². The molecule has 0 amide bonds. The number of hydrogen-bond acceptors (Lipinski definition) is 3. The zero-order chi connectivity index (χ0) is 97.9. The molecule has 0 saturated carbocycles. The van der Waals surface area contributed by atoms with Gasteiger partial charge in [-0.15, -0.1) is 0 Å². The molecule has 3 nitrogen and oxygen atoms in total. The molecule has 0 aromatic heterocycles. The quantitative estimate of drug-likeness (QED) is 0.135. The van der Waals surface area contributed by atoms with Gasteiger partial charge in [-0.25, -0.2) is 0 Å². The summed E-state index contributed by atoms with van der Waals surface area (Å²) in [4.78, 5) is 0. The third kappa shape index (κ3) is 16.3. The minimum atomic E-state index is -0.238. The van der Waals surface area contributed by atoms with Gasteiger partial charge in [0.25, 0.3) is 20.1 Å². The normalized spacial score (nSPS) is 14.3. The maximum absolute atomic E-state index is 6.81. The minimum Gasteiger partial charge on any atom is -0.458 e. The van der Waals surface area contributed by atoms with E-state index in [4.69, 9.17) is 14.2 Å². The van der Waals surface area contributed by atoms with Crippen molar-refractivity contribution < 1.29 is 14.2 Å². The van der Waals surface area contributed by atoms with Crippen molar-refractivity contribution in [1.29, 1.82) is 0 Å². The second-order valence-electron chi connectivity index (χ2n) is 46.0. The Hall–Kier alpha value is -14.4. The first-order valence-electron chi connectivity index (χ1n) is 50.6. The van der Waals surface area contributed by atoms with Crippen LogP contribution in [-0.4, -0.2) is 20.1 Å². The Balaban J connectivity index is 0.000000122. The van der Waals surface area contributed by atoms with Crippen molar-refractivity contribution in [3.8, 4) is 135 Å². The standard InChI is InChI=1S/2C47H45BO.C41H33BO/c1-45(2,3)36-20-23-41-40(29-36)48-39-22-19-32(28-38(39)47(7,8)43-37(46(4,5)6)21-24-42(49-41)44(43)48)35-26-33(30-15-11-9-12-16-30)25-34(27-35)31-17-13-10-14-18-31;1-45(2,3)36-20-23-41-40(29-36)48-39-28-32(19-21-37(39)47(7,8)43-38(46(4,5)6)22-24-42(49-41)44(43)48)35-26-33(30-15-11-9-12-16-30)25-34(27-35)31-17-13-10-14-18-31;1-26-15-19-37-36(21-26)42-35-18-17-30(25-34(35)41(3,4)39-27(2)16-20-38(43-37)40(39)42)33-23-31(28-11-7-5-8-12-28)22-32(24-33)29-13-9-6-10-14-29/h2*9-29H,1-8H3;5-25H,1-4H3. The number of ether oxygens (including phenoxy) is 3. The van der Waals surface area contributed by atoms with Crippen LogP contribution < -0.4 is 63.4 Å². The maximum Gasteiger partial charge on any atom is 0.251 e. The molecule has 6 aliphatic rings. The molecule has 18 aromatic rings. The van der Waals surface area contributed by atoms with E-state index in [1.54, 1.807) is 0 Å². The predicted molar refractivity (Wildman–Crippen MR) is 602 cm³/mol. The summed E-state index contributed by atoms with van der Waals surface area (Å²) >= 11 is 0. The summed E-state index contributed by atoms with van der Waals surface area (Å²) in [7, 11) is 0. The molecule has 0 fully saturated rings. The van der Waals surface area contributed by atoms with Crippen molar-refractivity contribution in [2.45, 2.75) is 176 Å². The van der Waals surface area contributed by atoms with Crippen LogP contribution in [-0.2, 0) is 37.9 Å². The zero-order valence-electron chi connectivity index (χ0n) is 85.3. The van der Waals surface area contributed by atoms with E-state index in [2.05, 4.69) is 521 Å². The van der Waals surface area contributed by atoms with Crippen molar-refractivity contribution in [3.05, 3.63) is 449 Å². The molecule has 141 heavy (non-hydrogen) atoms. The molecule has 24 rings (SSSR count). The van der Waals surface area contributed by atoms with Gasteiger partial charge in [-0.2, -0.15) is 0 Å². The molecule has 6 heterocycles. The number of rotatable bonds is 9. The van der Waals surface area contributed by atoms with Crippen LogP contribution in [0, 0.1) is 13.8 Å². The molecule has 0 spiro atoms. The van der Waals surface area contributed by atoms with E-state index in [0.29, 0.717) is 0 Å². The summed E-state index contributed by atoms with van der Waals surface area (Å²) in [5.41, 5.74) is 50.0. The van der Waals surface area contributed by atoms with E-state index >= 15 is 0 Å². The van der Waals surface area contributed by atoms with Gasteiger partial charge in [0.15, 0.2) is 0 Å². The van der Waals surface area contributed by atoms with Gasteiger partial charge in [0, 0.05) is 16.2 Å². The molecule has 6 aliphatic heterocycles. The Kier molecular flexibility index (Phi) is 22.4. The Bertz CT molecular complexity index is 7820. The fourth-order valence-electron chi connectivity index (χ4n) is 24.1. The third-order valence-electron chi connectivity index (χ3n) is 31.2. The van der Waals surface area contributed by atoms with Crippen LogP contribution >= 0.6 is 0 Å². The monoisotopic (exact) mass is 1820 g/mol. The fraction of sp³-hybridized carbons (Fsp3) is 0.200. The molecule has 0 saturated heterocycles. The lowest BCUT2D eigenvalue weighted by molar-refractivity contribution is 0.479. The minimum absolute atomic E-state index is 0.0110. The van der Waals surface area contributed by atoms with Crippen molar-refractivity contribution >= 4 is 69.3 Å². The molecule has 6 heteroatoms. The molecule has 0 radical (unpaired) electrons. The topological polar surface area (TPSA) is 27.7 Å². The van der Waals surface area contributed by atoms with Crippen molar-refractivity contribution in [2.75, 3.05) is 0 Å². The van der Waals surface area contributed by atoms with Crippen LogP contribution in [0.15, 0.2) is 382 Å². The maximum atomic E-state index is 6.81. The van der Waals surface area contributed by atoms with Gasteiger partial charge in [-0.3, -0.25) is 0 Å². The summed E-state index contributed by atoms with van der Waals surface area (Å²) < 4.78 is 20.1. The van der Waals surface area contributed by atoms with Crippen LogP contribution in [0.25, 0.3) is 100 Å². The average Bonchev–Trinajstić information content (AvgIpc) is 0.696. The highest BCUT2D eigenvalue weighted by Crippen LogP contribution is 2.51. The predicted octanol–water partition coefficient (Wildman–Crippen LogP) is 29.7. The van der Waals surface area contributed by atoms with Gasteiger partial charge in [0.2, 0.25) is 0 Å². The van der Waals surface area contributed by atoms with E-state index in [1.165, 1.54) is 216 Å². The number of benzene rings is 18. The Morgan fingerprint density at radius 1 is 0.191 bits per heavy atom. The second-order valence-corrected chi connectivity index (χ2v) is 46.0. The lowest BCUT2D eigenvalue weighted by Crippen LogP contribution is -2.63. The zero-order valence-corrected chi connectivity index (χ0v) is 85.3. The highest BCUT2D eigenvalue weighted by Gasteiger charge is 2.51. The molecule has 0 N–H and O–H groups in total. The van der Waals surface area contributed by atoms with Gasteiger partial charge in [-0.1, -0.05) is 438 Å². The van der Waals surface area contributed by atoms with Gasteiger partial charge in [0.05, 0.1) is 0 Å². The highest BCUT2D eigenvalue weighted by molar-refractivity contribution is 6.99. The number of hydrogen-bond donors (Lipinski definition) is 0. The third-order valence-corrected chi connectivity index (χ3v) is 31.2. The number of fused-ring (bicyclic) bond motifs is 12.